The van der Waals surface area contributed by atoms with Crippen molar-refractivity contribution in [3.8, 4) is 0 Å². The standard InChI is InChI=1S/C15H25NO/c1-5-8-14(17-4)15(16-3)13-10-7-9-12(6-2)11-13/h7,9-11,14-16H,5-6,8H2,1-4H3. The first kappa shape index (κ1) is 14.2. The molecular formula is C15H25NO. The summed E-state index contributed by atoms with van der Waals surface area (Å²) in [6.07, 6.45) is 3.55. The van der Waals surface area contributed by atoms with Gasteiger partial charge in [-0.2, -0.15) is 0 Å². The highest BCUT2D eigenvalue weighted by Gasteiger charge is 2.20. The van der Waals surface area contributed by atoms with Crippen molar-refractivity contribution < 1.29 is 4.74 Å². The third kappa shape index (κ3) is 3.83. The minimum atomic E-state index is 0.247. The number of nitrogens with one attached hydrogen (secondary N) is 1. The maximum absolute atomic E-state index is 5.61. The predicted octanol–water partition coefficient (Wildman–Crippen LogP) is 3.32. The van der Waals surface area contributed by atoms with E-state index in [-0.39, 0.29) is 12.1 Å². The summed E-state index contributed by atoms with van der Waals surface area (Å²) in [5.74, 6) is 0. The van der Waals surface area contributed by atoms with Crippen LogP contribution in [0.1, 0.15) is 43.9 Å². The van der Waals surface area contributed by atoms with Gasteiger partial charge in [0, 0.05) is 7.11 Å². The first-order chi connectivity index (χ1) is 8.26. The molecule has 2 heteroatoms. The molecule has 0 heterocycles. The van der Waals surface area contributed by atoms with Gasteiger partial charge in [0.1, 0.15) is 0 Å². The van der Waals surface area contributed by atoms with E-state index in [2.05, 4.69) is 43.4 Å². The van der Waals surface area contributed by atoms with E-state index in [9.17, 15) is 0 Å². The molecule has 2 atom stereocenters. The zero-order valence-electron chi connectivity index (χ0n) is 11.5. The first-order valence-corrected chi connectivity index (χ1v) is 6.55. The minimum absolute atomic E-state index is 0.247. The fourth-order valence-electron chi connectivity index (χ4n) is 2.28. The van der Waals surface area contributed by atoms with Crippen LogP contribution in [0.25, 0.3) is 0 Å². The lowest BCUT2D eigenvalue weighted by molar-refractivity contribution is 0.0630. The van der Waals surface area contributed by atoms with Crippen LogP contribution in [0.15, 0.2) is 24.3 Å². The van der Waals surface area contributed by atoms with E-state index < -0.39 is 0 Å². The topological polar surface area (TPSA) is 21.3 Å². The number of aryl methyl sites for hydroxylation is 1. The van der Waals surface area contributed by atoms with Crippen LogP contribution in [0, 0.1) is 0 Å². The van der Waals surface area contributed by atoms with Crippen LogP contribution >= 0.6 is 0 Å². The van der Waals surface area contributed by atoms with Crippen LogP contribution in [-0.2, 0) is 11.2 Å². The Morgan fingerprint density at radius 3 is 2.59 bits per heavy atom. The SMILES string of the molecule is CCCC(OC)C(NC)c1cccc(CC)c1. The molecule has 96 valence electrons. The molecule has 0 aliphatic heterocycles. The van der Waals surface area contributed by atoms with Crippen molar-refractivity contribution in [3.63, 3.8) is 0 Å². The first-order valence-electron chi connectivity index (χ1n) is 6.55. The summed E-state index contributed by atoms with van der Waals surface area (Å²) in [4.78, 5) is 0. The molecule has 1 aromatic carbocycles. The lowest BCUT2D eigenvalue weighted by Gasteiger charge is -2.26. The van der Waals surface area contributed by atoms with Crippen LogP contribution in [0.2, 0.25) is 0 Å². The molecule has 2 unspecified atom stereocenters. The molecule has 0 fully saturated rings. The van der Waals surface area contributed by atoms with Gasteiger partial charge < -0.3 is 10.1 Å². The van der Waals surface area contributed by atoms with Crippen LogP contribution < -0.4 is 5.32 Å². The molecule has 0 saturated heterocycles. The molecule has 0 spiro atoms. The van der Waals surface area contributed by atoms with Crippen molar-refractivity contribution in [2.45, 2.75) is 45.3 Å². The van der Waals surface area contributed by atoms with E-state index in [4.69, 9.17) is 4.74 Å². The number of benzene rings is 1. The summed E-state index contributed by atoms with van der Waals surface area (Å²) in [6, 6.07) is 9.06. The van der Waals surface area contributed by atoms with Gasteiger partial charge in [0.25, 0.3) is 0 Å². The molecule has 2 nitrogen and oxygen atoms in total. The fraction of sp³-hybridized carbons (Fsp3) is 0.600. The second kappa shape index (κ2) is 7.46. The van der Waals surface area contributed by atoms with Crippen LogP contribution in [0.3, 0.4) is 0 Å². The maximum atomic E-state index is 5.61. The van der Waals surface area contributed by atoms with E-state index >= 15 is 0 Å². The third-order valence-electron chi connectivity index (χ3n) is 3.28. The Morgan fingerprint density at radius 1 is 1.29 bits per heavy atom. The summed E-state index contributed by atoms with van der Waals surface area (Å²) in [5, 5.41) is 3.38. The molecular weight excluding hydrogens is 210 g/mol. The van der Waals surface area contributed by atoms with Crippen LogP contribution in [0.4, 0.5) is 0 Å². The number of rotatable bonds is 7. The van der Waals surface area contributed by atoms with Crippen molar-refractivity contribution in [3.05, 3.63) is 35.4 Å². The second-order valence-corrected chi connectivity index (χ2v) is 4.43. The van der Waals surface area contributed by atoms with Gasteiger partial charge >= 0.3 is 0 Å². The summed E-state index contributed by atoms with van der Waals surface area (Å²) >= 11 is 0. The largest absolute Gasteiger partial charge is 0.379 e. The molecule has 0 aliphatic rings. The summed E-state index contributed by atoms with van der Waals surface area (Å²) < 4.78 is 5.61. The lowest BCUT2D eigenvalue weighted by Crippen LogP contribution is -2.31. The van der Waals surface area contributed by atoms with Gasteiger partial charge in [-0.25, -0.2) is 0 Å². The van der Waals surface area contributed by atoms with Crippen molar-refractivity contribution in [1.82, 2.24) is 5.32 Å². The van der Waals surface area contributed by atoms with E-state index in [0.29, 0.717) is 0 Å². The smallest absolute Gasteiger partial charge is 0.0765 e. The average molecular weight is 235 g/mol. The Bertz CT molecular complexity index is 324. The number of methoxy groups -OCH3 is 1. The lowest BCUT2D eigenvalue weighted by atomic mass is 9.96. The highest BCUT2D eigenvalue weighted by molar-refractivity contribution is 5.26. The maximum Gasteiger partial charge on any atom is 0.0765 e. The zero-order valence-corrected chi connectivity index (χ0v) is 11.5. The number of hydrogen-bond donors (Lipinski definition) is 1. The van der Waals surface area contributed by atoms with E-state index in [1.165, 1.54) is 11.1 Å². The summed E-state index contributed by atoms with van der Waals surface area (Å²) in [7, 11) is 3.80. The predicted molar refractivity (Wildman–Crippen MR) is 73.3 cm³/mol. The summed E-state index contributed by atoms with van der Waals surface area (Å²) in [6.45, 7) is 4.38. The number of likely N-dealkylation sites (N-methyl/N-ethyl adjacent to an activating group) is 1. The normalized spacial score (nSPS) is 14.6. The molecule has 0 saturated carbocycles. The van der Waals surface area contributed by atoms with Crippen molar-refractivity contribution in [1.29, 1.82) is 0 Å². The highest BCUT2D eigenvalue weighted by Crippen LogP contribution is 2.23. The molecule has 0 radical (unpaired) electrons. The fourth-order valence-corrected chi connectivity index (χ4v) is 2.28. The monoisotopic (exact) mass is 235 g/mol. The Labute approximate surface area is 105 Å². The number of ether oxygens (including phenoxy) is 1. The van der Waals surface area contributed by atoms with E-state index in [0.717, 1.165) is 19.3 Å². The highest BCUT2D eigenvalue weighted by atomic mass is 16.5. The Balaban J connectivity index is 2.90. The van der Waals surface area contributed by atoms with Crippen LogP contribution in [0.5, 0.6) is 0 Å². The van der Waals surface area contributed by atoms with Gasteiger partial charge in [0.2, 0.25) is 0 Å². The second-order valence-electron chi connectivity index (χ2n) is 4.43. The molecule has 0 aromatic heterocycles. The van der Waals surface area contributed by atoms with Crippen molar-refractivity contribution in [2.24, 2.45) is 0 Å². The Hall–Kier alpha value is -0.860. The number of hydrogen-bond acceptors (Lipinski definition) is 2. The van der Waals surface area contributed by atoms with Gasteiger partial charge in [0.05, 0.1) is 12.1 Å². The molecule has 1 N–H and O–H groups in total. The molecule has 0 amide bonds. The van der Waals surface area contributed by atoms with Gasteiger partial charge in [-0.05, 0) is 31.0 Å². The Kier molecular flexibility index (Phi) is 6.23. The van der Waals surface area contributed by atoms with Crippen molar-refractivity contribution in [2.75, 3.05) is 14.2 Å². The van der Waals surface area contributed by atoms with Crippen molar-refractivity contribution >= 4 is 0 Å². The zero-order chi connectivity index (χ0) is 12.7. The third-order valence-corrected chi connectivity index (χ3v) is 3.28. The van der Waals surface area contributed by atoms with Crippen LogP contribution in [-0.4, -0.2) is 20.3 Å². The van der Waals surface area contributed by atoms with Gasteiger partial charge in [-0.15, -0.1) is 0 Å². The molecule has 1 rings (SSSR count). The molecule has 0 bridgehead atoms. The van der Waals surface area contributed by atoms with E-state index in [1.807, 2.05) is 7.05 Å². The van der Waals surface area contributed by atoms with Gasteiger partial charge in [-0.3, -0.25) is 0 Å². The quantitative estimate of drug-likeness (QED) is 0.782. The molecule has 17 heavy (non-hydrogen) atoms. The van der Waals surface area contributed by atoms with Gasteiger partial charge in [-0.1, -0.05) is 44.5 Å². The summed E-state index contributed by atoms with van der Waals surface area (Å²) in [5.41, 5.74) is 2.71. The van der Waals surface area contributed by atoms with Gasteiger partial charge in [0.15, 0.2) is 0 Å². The minimum Gasteiger partial charge on any atom is -0.379 e. The molecule has 1 aromatic rings. The van der Waals surface area contributed by atoms with E-state index in [1.54, 1.807) is 7.11 Å². The molecule has 0 aliphatic carbocycles. The Morgan fingerprint density at radius 2 is 2.06 bits per heavy atom. The average Bonchev–Trinajstić information content (AvgIpc) is 2.38.